The van der Waals surface area contributed by atoms with E-state index in [1.54, 1.807) is 45.6 Å². The monoisotopic (exact) mass is 1390 g/mol. The molecule has 2 rings (SSSR count). The highest BCUT2D eigenvalue weighted by Crippen LogP contribution is 2.26. The largest absolute Gasteiger partial charge is 0.390 e. The number of aliphatic hydroxyl groups is 1. The van der Waals surface area contributed by atoms with Crippen molar-refractivity contribution in [1.82, 2.24) is 65.5 Å². The third kappa shape index (κ3) is 22.2. The summed E-state index contributed by atoms with van der Waals surface area (Å²) in [5.41, 5.74) is 1.43. The number of nitrogens with one attached hydrogen (secondary N) is 5. The Balaban J connectivity index is 3.02. The smallest absolute Gasteiger partial charge is 0.246 e. The quantitative estimate of drug-likeness (QED) is 0.128. The number of rotatable bonds is 16. The van der Waals surface area contributed by atoms with Crippen LogP contribution in [0, 0.1) is 48.3 Å². The molecule has 1 aliphatic rings. The van der Waals surface area contributed by atoms with Crippen molar-refractivity contribution in [2.45, 2.75) is 223 Å². The third-order valence-electron chi connectivity index (χ3n) is 17.0. The van der Waals surface area contributed by atoms with Crippen LogP contribution in [0.1, 0.15) is 160 Å². The Hall–Kier alpha value is -6.19. The van der Waals surface area contributed by atoms with Crippen LogP contribution >= 0.6 is 22.6 Å². The van der Waals surface area contributed by atoms with Crippen molar-refractivity contribution >= 4 is 93.6 Å². The normalized spacial score (nSPS) is 25.9. The average Bonchev–Trinajstić information content (AvgIpc) is 1.13. The van der Waals surface area contributed by atoms with E-state index < -0.39 is 156 Å². The molecule has 0 aromatic carbocycles. The highest BCUT2D eigenvalue weighted by Gasteiger charge is 2.46. The zero-order valence-electron chi connectivity index (χ0n) is 58.9. The van der Waals surface area contributed by atoms with Crippen molar-refractivity contribution in [3.63, 3.8) is 0 Å². The molecule has 26 heteroatoms. The lowest BCUT2D eigenvalue weighted by molar-refractivity contribution is -0.157. The maximum atomic E-state index is 15.4. The van der Waals surface area contributed by atoms with Gasteiger partial charge in [-0.1, -0.05) is 120 Å². The van der Waals surface area contributed by atoms with Gasteiger partial charge in [0, 0.05) is 61.4 Å². The summed E-state index contributed by atoms with van der Waals surface area (Å²) < 4.78 is 1.80. The molecule has 0 aliphatic carbocycles. The lowest BCUT2D eigenvalue weighted by Gasteiger charge is -2.41. The van der Waals surface area contributed by atoms with Gasteiger partial charge in [-0.3, -0.25) is 52.7 Å². The van der Waals surface area contributed by atoms with Gasteiger partial charge in [0.1, 0.15) is 66.2 Å². The molecule has 0 unspecified atom stereocenters. The number of aromatic amines is 1. The van der Waals surface area contributed by atoms with Gasteiger partial charge in [0.05, 0.1) is 18.3 Å². The van der Waals surface area contributed by atoms with Gasteiger partial charge >= 0.3 is 0 Å². The predicted molar refractivity (Wildman–Crippen MR) is 359 cm³/mol. The average molecular weight is 1390 g/mol. The molecule has 6 N–H and O–H groups in total. The summed E-state index contributed by atoms with van der Waals surface area (Å²) in [4.78, 5) is 178. The lowest BCUT2D eigenvalue weighted by atomic mass is 9.91. The molecule has 0 radical (unpaired) electrons. The summed E-state index contributed by atoms with van der Waals surface area (Å²) >= 11 is 2.08. The predicted octanol–water partition coefficient (Wildman–Crippen LogP) is 3.98. The second kappa shape index (κ2) is 36.3. The van der Waals surface area contributed by atoms with Crippen LogP contribution in [0.5, 0.6) is 0 Å². The molecule has 1 aliphatic heterocycles. The molecule has 25 nitrogen and oxygen atoms in total. The first-order valence-corrected chi connectivity index (χ1v) is 33.4. The Morgan fingerprint density at radius 3 is 1.43 bits per heavy atom. The Morgan fingerprint density at radius 1 is 0.516 bits per heavy atom. The standard InChI is InChI=1S/C65H112IN13O12/c1-25-44-61(87)73(18)33-51(80)74(19)46(28-34(2)3)58(84)72-52(38(10)11)64(90)75(20)47(29-35(4)5)57(83)68-42(16)56(82)69-43(17)60(86)76(21)48(30-36(6)7)62(88)77(22)49(31-37(8)9)63(89)78(23)53(39(12)13)65(91)79(24)54(59(85)71-44)55(81)40(14)32-50-67-41(15)45(70-50)26-27-66/h26-27,34-40,42-44,46-49,52-55,81H,25,28-33H2,1-24H3,(H,67,70)(H,68,83)(H,69,82)(H,71,85)(H,72,84)/b27-26-/t40-,42+,43-,44+,46+,47+,48+,49+,52+,53+,54+,55-/m1/s1. The number of carbonyl (C=O) groups excluding carboxylic acids is 11. The van der Waals surface area contributed by atoms with Crippen LogP contribution in [-0.4, -0.2) is 237 Å². The van der Waals surface area contributed by atoms with Crippen LogP contribution in [0.4, 0.5) is 0 Å². The summed E-state index contributed by atoms with van der Waals surface area (Å²) in [5, 5.41) is 23.5. The summed E-state index contributed by atoms with van der Waals surface area (Å²) in [6.45, 7) is 29.3. The summed E-state index contributed by atoms with van der Waals surface area (Å²) in [5.74, 6) is -9.63. The van der Waals surface area contributed by atoms with E-state index in [0.717, 1.165) is 15.5 Å². The molecule has 0 saturated carbocycles. The van der Waals surface area contributed by atoms with Crippen LogP contribution in [0.25, 0.3) is 6.08 Å². The first-order chi connectivity index (χ1) is 42.1. The van der Waals surface area contributed by atoms with E-state index in [1.807, 2.05) is 68.4 Å². The molecule has 1 saturated heterocycles. The van der Waals surface area contributed by atoms with E-state index in [1.165, 1.54) is 87.7 Å². The van der Waals surface area contributed by atoms with Crippen molar-refractivity contribution in [2.24, 2.45) is 41.4 Å². The van der Waals surface area contributed by atoms with E-state index in [0.29, 0.717) is 11.5 Å². The number of aryl methyl sites for hydroxylation is 1. The zero-order valence-corrected chi connectivity index (χ0v) is 61.0. The van der Waals surface area contributed by atoms with Gasteiger partial charge in [-0.15, -0.1) is 0 Å². The van der Waals surface area contributed by atoms with E-state index in [-0.39, 0.29) is 62.2 Å². The van der Waals surface area contributed by atoms with Crippen molar-refractivity contribution in [1.29, 1.82) is 0 Å². The number of amides is 11. The molecule has 1 fully saturated rings. The summed E-state index contributed by atoms with van der Waals surface area (Å²) in [7, 11) is 9.89. The summed E-state index contributed by atoms with van der Waals surface area (Å²) in [6, 6.07) is -12.6. The van der Waals surface area contributed by atoms with Crippen LogP contribution in [0.2, 0.25) is 0 Å². The molecule has 91 heavy (non-hydrogen) atoms. The number of carbonyl (C=O) groups is 11. The molecule has 0 spiro atoms. The van der Waals surface area contributed by atoms with Crippen molar-refractivity contribution in [3.8, 4) is 0 Å². The van der Waals surface area contributed by atoms with Crippen molar-refractivity contribution in [2.75, 3.05) is 55.9 Å². The molecule has 1 aromatic heterocycles. The number of hydrogen-bond donors (Lipinski definition) is 6. The number of nitrogens with zero attached hydrogens (tertiary/aromatic N) is 8. The van der Waals surface area contributed by atoms with Crippen LogP contribution in [0.3, 0.4) is 0 Å². The fourth-order valence-corrected chi connectivity index (χ4v) is 11.8. The van der Waals surface area contributed by atoms with E-state index in [4.69, 9.17) is 0 Å². The van der Waals surface area contributed by atoms with Gasteiger partial charge < -0.3 is 65.7 Å². The number of aromatic nitrogens is 2. The number of hydrogen-bond acceptors (Lipinski definition) is 13. The van der Waals surface area contributed by atoms with Crippen LogP contribution in [0.15, 0.2) is 4.08 Å². The first-order valence-electron chi connectivity index (χ1n) is 32.1. The topological polar surface area (TPSA) is 307 Å². The number of aliphatic hydroxyl groups excluding tert-OH is 1. The van der Waals surface area contributed by atoms with E-state index in [2.05, 4.69) is 53.8 Å². The molecule has 0 bridgehead atoms. The van der Waals surface area contributed by atoms with Crippen molar-refractivity contribution < 1.29 is 57.8 Å². The van der Waals surface area contributed by atoms with Gasteiger partial charge in [-0.25, -0.2) is 4.98 Å². The minimum atomic E-state index is -1.69. The first kappa shape index (κ1) is 80.9. The minimum Gasteiger partial charge on any atom is -0.390 e. The minimum absolute atomic E-state index is 0.00470. The Kier molecular flexibility index (Phi) is 32.3. The molecule has 516 valence electrons. The molecule has 11 amide bonds. The SMILES string of the molecule is CC[C@@H]1NC(=O)[C@H]([C@H](O)[C@H](C)Cc2nc(/C=C\I)c(C)[nH]2)N(C)C(=O)[C@H](C(C)C)N(C)C(=O)[C@H](CC(C)C)N(C)C(=O)[C@H](CC(C)C)N(C)C(=O)[C@@H](C)NC(=O)[C@H](C)NC(=O)[C@H](CC(C)C)N(C)C(=O)[C@H](C(C)C)NC(=O)[C@H](CC(C)C)N(C)C(=O)CN(C)C1=O. The third-order valence-corrected chi connectivity index (χ3v) is 17.4. The van der Waals surface area contributed by atoms with Gasteiger partial charge in [-0.2, -0.15) is 0 Å². The lowest BCUT2D eigenvalue weighted by Crippen LogP contribution is -2.63. The Labute approximate surface area is 555 Å². The fraction of sp³-hybridized carbons (Fsp3) is 0.754. The van der Waals surface area contributed by atoms with Crippen LogP contribution < -0.4 is 21.3 Å². The Morgan fingerprint density at radius 2 is 0.956 bits per heavy atom. The number of imidazole rings is 1. The molecular weight excluding hydrogens is 1280 g/mol. The zero-order chi connectivity index (χ0) is 70.1. The van der Waals surface area contributed by atoms with Crippen molar-refractivity contribution in [3.05, 3.63) is 21.3 Å². The van der Waals surface area contributed by atoms with Gasteiger partial charge in [0.15, 0.2) is 0 Å². The van der Waals surface area contributed by atoms with Gasteiger partial charge in [0.2, 0.25) is 65.0 Å². The second-order valence-corrected chi connectivity index (χ2v) is 28.2. The Bertz CT molecular complexity index is 2720. The van der Waals surface area contributed by atoms with Crippen LogP contribution in [-0.2, 0) is 59.2 Å². The highest BCUT2D eigenvalue weighted by atomic mass is 127. The fourth-order valence-electron chi connectivity index (χ4n) is 11.5. The number of H-pyrrole nitrogens is 1. The number of likely N-dealkylation sites (N-methyl/N-ethyl adjacent to an activating group) is 7. The van der Waals surface area contributed by atoms with Gasteiger partial charge in [0.25, 0.3) is 0 Å². The highest BCUT2D eigenvalue weighted by molar-refractivity contribution is 14.1. The number of halogens is 1. The second-order valence-electron chi connectivity index (χ2n) is 27.5. The maximum Gasteiger partial charge on any atom is 0.246 e. The summed E-state index contributed by atoms with van der Waals surface area (Å²) in [6.07, 6.45) is 0.877. The molecular formula is C65H112IN13O12. The molecule has 1 aromatic rings. The molecule has 12 atom stereocenters. The van der Waals surface area contributed by atoms with Gasteiger partial charge in [-0.05, 0) is 104 Å². The maximum absolute atomic E-state index is 15.4. The van der Waals surface area contributed by atoms with E-state index in [9.17, 15) is 38.7 Å². The van der Waals surface area contributed by atoms with E-state index >= 15 is 19.2 Å². The molecule has 2 heterocycles.